The van der Waals surface area contributed by atoms with E-state index in [2.05, 4.69) is 22.7 Å². The molecule has 38 heavy (non-hydrogen) atoms. The van der Waals surface area contributed by atoms with Crippen molar-refractivity contribution in [2.45, 2.75) is 44.7 Å². The second-order valence-electron chi connectivity index (χ2n) is 9.08. The molecule has 0 atom stereocenters. The Kier molecular flexibility index (Phi) is 9.66. The van der Waals surface area contributed by atoms with E-state index in [0.29, 0.717) is 21.6 Å². The minimum Gasteiger partial charge on any atom is -0.496 e. The zero-order chi connectivity index (χ0) is 27.1. The zero-order valence-electron chi connectivity index (χ0n) is 21.3. The van der Waals surface area contributed by atoms with E-state index >= 15 is 0 Å². The molecule has 200 valence electrons. The van der Waals surface area contributed by atoms with E-state index in [4.69, 9.17) is 16.3 Å². The quantitative estimate of drug-likeness (QED) is 0.260. The van der Waals surface area contributed by atoms with E-state index in [9.17, 15) is 13.6 Å². The SMILES string of the molecule is CNC1CCCCC1.COc1ccc(-c2cncc(F)c2)cc1CNC(=O)c1sc2cccc(F)c2c1Cl. The highest BCUT2D eigenvalue weighted by atomic mass is 35.5. The summed E-state index contributed by atoms with van der Waals surface area (Å²) >= 11 is 7.39. The molecule has 1 aliphatic carbocycles. The number of nitrogens with zero attached hydrogens (tertiary/aromatic N) is 1. The van der Waals surface area contributed by atoms with Gasteiger partial charge in [-0.2, -0.15) is 0 Å². The molecule has 2 N–H and O–H groups in total. The summed E-state index contributed by atoms with van der Waals surface area (Å²) < 4.78 is 33.5. The lowest BCUT2D eigenvalue weighted by molar-refractivity contribution is 0.0955. The lowest BCUT2D eigenvalue weighted by Crippen LogP contribution is -2.26. The number of amides is 1. The summed E-state index contributed by atoms with van der Waals surface area (Å²) in [5, 5.41) is 6.44. The van der Waals surface area contributed by atoms with Crippen LogP contribution in [0.5, 0.6) is 5.75 Å². The smallest absolute Gasteiger partial charge is 0.263 e. The van der Waals surface area contributed by atoms with Crippen molar-refractivity contribution >= 4 is 38.9 Å². The first-order valence-electron chi connectivity index (χ1n) is 12.5. The minimum atomic E-state index is -0.467. The third-order valence-corrected chi connectivity index (χ3v) is 8.23. The van der Waals surface area contributed by atoms with Gasteiger partial charge in [0.15, 0.2) is 0 Å². The summed E-state index contributed by atoms with van der Waals surface area (Å²) in [7, 11) is 3.59. The van der Waals surface area contributed by atoms with Crippen LogP contribution in [0.1, 0.15) is 47.3 Å². The van der Waals surface area contributed by atoms with Crippen LogP contribution >= 0.6 is 22.9 Å². The van der Waals surface area contributed by atoms with E-state index in [-0.39, 0.29) is 21.8 Å². The molecule has 2 aromatic carbocycles. The first-order valence-corrected chi connectivity index (χ1v) is 13.7. The summed E-state index contributed by atoms with van der Waals surface area (Å²) in [6.45, 7) is 0.144. The van der Waals surface area contributed by atoms with Gasteiger partial charge in [0.05, 0.1) is 18.3 Å². The molecule has 1 saturated carbocycles. The minimum absolute atomic E-state index is 0.0946. The molecule has 5 rings (SSSR count). The Morgan fingerprint density at radius 2 is 1.89 bits per heavy atom. The summed E-state index contributed by atoms with van der Waals surface area (Å²) in [4.78, 5) is 16.8. The van der Waals surface area contributed by atoms with Crippen LogP contribution in [0.4, 0.5) is 8.78 Å². The van der Waals surface area contributed by atoms with Crippen molar-refractivity contribution in [1.29, 1.82) is 0 Å². The maximum absolute atomic E-state index is 14.0. The molecule has 0 saturated heterocycles. The first kappa shape index (κ1) is 28.0. The Balaban J connectivity index is 0.000000360. The third kappa shape index (κ3) is 6.67. The molecule has 5 nitrogen and oxygen atoms in total. The van der Waals surface area contributed by atoms with Gasteiger partial charge in [0.2, 0.25) is 0 Å². The number of pyridine rings is 1. The molecule has 0 unspecified atom stereocenters. The highest BCUT2D eigenvalue weighted by Crippen LogP contribution is 2.37. The Morgan fingerprint density at radius 1 is 1.11 bits per heavy atom. The number of methoxy groups -OCH3 is 1. The molecule has 0 bridgehead atoms. The van der Waals surface area contributed by atoms with E-state index < -0.39 is 17.5 Å². The van der Waals surface area contributed by atoms with E-state index in [0.717, 1.165) is 29.1 Å². The molecule has 1 amide bonds. The molecule has 0 radical (unpaired) electrons. The second kappa shape index (κ2) is 13.1. The van der Waals surface area contributed by atoms with Crippen molar-refractivity contribution in [3.05, 3.63) is 82.0 Å². The second-order valence-corrected chi connectivity index (χ2v) is 10.5. The molecular weight excluding hydrogens is 528 g/mol. The normalized spacial score (nSPS) is 13.6. The topological polar surface area (TPSA) is 63.2 Å². The lowest BCUT2D eigenvalue weighted by atomic mass is 9.96. The highest BCUT2D eigenvalue weighted by Gasteiger charge is 2.20. The van der Waals surface area contributed by atoms with Crippen molar-refractivity contribution in [2.75, 3.05) is 14.2 Å². The first-order chi connectivity index (χ1) is 18.4. The fourth-order valence-corrected chi connectivity index (χ4v) is 6.00. The van der Waals surface area contributed by atoms with E-state index in [1.807, 2.05) is 0 Å². The monoisotopic (exact) mass is 557 g/mol. The van der Waals surface area contributed by atoms with Crippen LogP contribution in [0.15, 0.2) is 54.9 Å². The van der Waals surface area contributed by atoms with Gasteiger partial charge >= 0.3 is 0 Å². The molecule has 1 fully saturated rings. The van der Waals surface area contributed by atoms with Gasteiger partial charge in [0.1, 0.15) is 22.3 Å². The van der Waals surface area contributed by atoms with E-state index in [1.54, 1.807) is 36.5 Å². The van der Waals surface area contributed by atoms with Crippen LogP contribution in [-0.4, -0.2) is 31.1 Å². The van der Waals surface area contributed by atoms with Gasteiger partial charge < -0.3 is 15.4 Å². The van der Waals surface area contributed by atoms with Gasteiger partial charge in [0.25, 0.3) is 5.91 Å². The molecule has 2 heterocycles. The number of carbonyl (C=O) groups is 1. The Morgan fingerprint density at radius 3 is 2.55 bits per heavy atom. The van der Waals surface area contributed by atoms with Crippen molar-refractivity contribution in [3.8, 4) is 16.9 Å². The molecule has 4 aromatic rings. The fraction of sp³-hybridized carbons (Fsp3) is 0.310. The number of halogens is 3. The molecular formula is C29H30ClF2N3O2S. The van der Waals surface area contributed by atoms with Gasteiger partial charge in [-0.15, -0.1) is 11.3 Å². The number of fused-ring (bicyclic) bond motifs is 1. The van der Waals surface area contributed by atoms with Gasteiger partial charge in [-0.25, -0.2) is 8.78 Å². The summed E-state index contributed by atoms with van der Waals surface area (Å²) in [5.74, 6) is -0.756. The number of benzene rings is 2. The van der Waals surface area contributed by atoms with Crippen molar-refractivity contribution in [1.82, 2.24) is 15.6 Å². The van der Waals surface area contributed by atoms with Crippen LogP contribution < -0.4 is 15.4 Å². The standard InChI is InChI=1S/C22H15ClF2N2O2S.C7H15N/c1-29-17-6-5-12(13-8-15(24)11-26-9-13)7-14(17)10-27-22(28)21-20(23)19-16(25)3-2-4-18(19)30-21;1-8-7-5-3-2-4-6-7/h2-9,11H,10H2,1H3,(H,27,28);7-8H,2-6H2,1H3. The van der Waals surface area contributed by atoms with Crippen LogP contribution in [0.2, 0.25) is 5.02 Å². The molecule has 9 heteroatoms. The summed E-state index contributed by atoms with van der Waals surface area (Å²) in [5.41, 5.74) is 2.03. The summed E-state index contributed by atoms with van der Waals surface area (Å²) in [6.07, 6.45) is 9.81. The van der Waals surface area contributed by atoms with Crippen molar-refractivity contribution < 1.29 is 18.3 Å². The van der Waals surface area contributed by atoms with Crippen LogP contribution in [0.25, 0.3) is 21.2 Å². The number of hydrogen-bond donors (Lipinski definition) is 2. The number of aromatic nitrogens is 1. The largest absolute Gasteiger partial charge is 0.496 e. The molecule has 1 aliphatic rings. The van der Waals surface area contributed by atoms with Crippen LogP contribution in [0, 0.1) is 11.6 Å². The van der Waals surface area contributed by atoms with Crippen molar-refractivity contribution in [3.63, 3.8) is 0 Å². The number of ether oxygens (including phenoxy) is 1. The number of nitrogens with one attached hydrogen (secondary N) is 2. The highest BCUT2D eigenvalue weighted by molar-refractivity contribution is 7.21. The molecule has 0 spiro atoms. The number of rotatable bonds is 6. The maximum Gasteiger partial charge on any atom is 0.263 e. The average molecular weight is 558 g/mol. The van der Waals surface area contributed by atoms with Gasteiger partial charge in [-0.3, -0.25) is 9.78 Å². The third-order valence-electron chi connectivity index (χ3n) is 6.58. The number of thiophene rings is 1. The lowest BCUT2D eigenvalue weighted by Gasteiger charge is -2.20. The van der Waals surface area contributed by atoms with Gasteiger partial charge in [0, 0.05) is 40.0 Å². The molecule has 0 aliphatic heterocycles. The predicted octanol–water partition coefficient (Wildman–Crippen LogP) is 7.37. The fourth-order valence-electron chi connectivity index (χ4n) is 4.53. The van der Waals surface area contributed by atoms with Crippen LogP contribution in [0.3, 0.4) is 0 Å². The van der Waals surface area contributed by atoms with Gasteiger partial charge in [-0.1, -0.05) is 43.0 Å². The van der Waals surface area contributed by atoms with Crippen LogP contribution in [-0.2, 0) is 6.54 Å². The van der Waals surface area contributed by atoms with Gasteiger partial charge in [-0.05, 0) is 55.8 Å². The predicted molar refractivity (Wildman–Crippen MR) is 150 cm³/mol. The summed E-state index contributed by atoms with van der Waals surface area (Å²) in [6, 6.07) is 12.1. The molecule has 2 aromatic heterocycles. The zero-order valence-corrected chi connectivity index (χ0v) is 22.9. The number of hydrogen-bond acceptors (Lipinski definition) is 5. The maximum atomic E-state index is 14.0. The Hall–Kier alpha value is -3.07. The Bertz CT molecular complexity index is 1410. The number of carbonyl (C=O) groups excluding carboxylic acids is 1. The average Bonchev–Trinajstić information content (AvgIpc) is 3.29. The Labute approximate surface area is 230 Å². The van der Waals surface area contributed by atoms with E-state index in [1.165, 1.54) is 51.3 Å². The van der Waals surface area contributed by atoms with Crippen molar-refractivity contribution in [2.24, 2.45) is 0 Å².